The Balaban J connectivity index is -0.000000362. The largest absolute Gasteiger partial charge is 0.479 e. The van der Waals surface area contributed by atoms with E-state index >= 15 is 0 Å². The highest BCUT2D eigenvalue weighted by Crippen LogP contribution is 2.24. The van der Waals surface area contributed by atoms with E-state index in [2.05, 4.69) is 25.1 Å². The van der Waals surface area contributed by atoms with E-state index in [4.69, 9.17) is 84.7 Å². The first-order valence-electron chi connectivity index (χ1n) is 25.7. The molecule has 28 N–H and O–H groups in total. The average molecular weight is 1690 g/mol. The third kappa shape index (κ3) is 50.0. The Morgan fingerprint density at radius 1 is 0.297 bits per heavy atom. The van der Waals surface area contributed by atoms with Gasteiger partial charge in [-0.3, -0.25) is 41.0 Å². The van der Waals surface area contributed by atoms with Gasteiger partial charge in [0.2, 0.25) is 0 Å². The van der Waals surface area contributed by atoms with Crippen molar-refractivity contribution < 1.29 is 243 Å². The molecular weight excluding hydrogens is 1610 g/mol. The summed E-state index contributed by atoms with van der Waals surface area (Å²) >= 11 is 0. The normalized spacial score (nSPS) is 30.3. The van der Waals surface area contributed by atoms with E-state index in [0.717, 1.165) is 0 Å². The predicted octanol–water partition coefficient (Wildman–Crippen LogP) is -12.7. The molecule has 0 radical (unpaired) electrons. The van der Waals surface area contributed by atoms with Crippen molar-refractivity contribution >= 4 is 111 Å². The molecule has 610 valence electrons. The molecule has 0 aromatic heterocycles. The van der Waals surface area contributed by atoms with Crippen molar-refractivity contribution in [3.8, 4) is 0 Å². The number of hydrogen-bond donors (Lipinski definition) is 18. The van der Waals surface area contributed by atoms with Crippen LogP contribution in [0.15, 0.2) is 0 Å². The molecule has 56 nitrogen and oxygen atoms in total. The molecule has 6 aliphatic rings. The highest BCUT2D eigenvalue weighted by molar-refractivity contribution is 7.84. The molecule has 18 atom stereocenters. The van der Waals surface area contributed by atoms with E-state index in [-0.39, 0.29) is 104 Å². The van der Waals surface area contributed by atoms with E-state index in [1.165, 1.54) is 0 Å². The number of aliphatic hydroxyl groups is 3. The number of aliphatic hydroxyl groups excluding tert-OH is 3. The van der Waals surface area contributed by atoms with Gasteiger partial charge < -0.3 is 86.4 Å². The van der Waals surface area contributed by atoms with Crippen LogP contribution in [0.1, 0.15) is 59.3 Å². The molecule has 0 aromatic rings. The van der Waals surface area contributed by atoms with Crippen molar-refractivity contribution in [1.82, 2.24) is 14.2 Å². The van der Waals surface area contributed by atoms with Crippen LogP contribution in [0.2, 0.25) is 0 Å². The van der Waals surface area contributed by atoms with Crippen molar-refractivity contribution in [3.05, 3.63) is 0 Å². The van der Waals surface area contributed by atoms with Crippen molar-refractivity contribution in [2.45, 2.75) is 169 Å². The topological polar surface area (TPSA) is 966 Å². The lowest BCUT2D eigenvalue weighted by atomic mass is 10.0. The Morgan fingerprint density at radius 3 is 0.604 bits per heavy atom. The van der Waals surface area contributed by atoms with Gasteiger partial charge in [-0.15, -0.1) is 0 Å². The maximum absolute atomic E-state index is 10.6. The maximum Gasteiger partial charge on any atom is 0.397 e. The summed E-state index contributed by atoms with van der Waals surface area (Å²) in [5.41, 5.74) is 0. The minimum absolute atomic E-state index is 0. The van der Waals surface area contributed by atoms with Crippen molar-refractivity contribution in [1.29, 1.82) is 0 Å². The minimum atomic E-state index is -4.71. The van der Waals surface area contributed by atoms with E-state index in [0.29, 0.717) is 0 Å². The first kappa shape index (κ1) is 106. The summed E-state index contributed by atoms with van der Waals surface area (Å²) in [7, 11) is -41.7. The van der Waals surface area contributed by atoms with Crippen LogP contribution in [0.3, 0.4) is 0 Å². The summed E-state index contributed by atoms with van der Waals surface area (Å²) in [4.78, 5) is 31.3. The van der Waals surface area contributed by atoms with Crippen LogP contribution in [0, 0.1) is 0 Å². The van der Waals surface area contributed by atoms with Crippen molar-refractivity contribution in [3.63, 3.8) is 0 Å². The van der Waals surface area contributed by atoms with E-state index in [1.54, 1.807) is 34.9 Å². The van der Waals surface area contributed by atoms with Gasteiger partial charge in [0.25, 0.3) is 0 Å². The van der Waals surface area contributed by atoms with Crippen molar-refractivity contribution in [2.24, 2.45) is 0 Å². The fraction of sp³-hybridized carbons (Fsp3) is 0.917. The van der Waals surface area contributed by atoms with E-state index in [1.807, 2.05) is 0 Å². The molecule has 65 heteroatoms. The molecule has 0 aromatic carbocycles. The minimum Gasteiger partial charge on any atom is -0.479 e. The standard InChI is InChI=1S/3C6H13NO8S2.3C6H10O8S.5H2O/c3*1-4-2-6(15-17(11,12)13)5(3-14-4)7-16(8,9)10;3*7-3-1-4(6(8)9)13-2-5(3)14-15(10,11)12;;;;;/h3*4-7H,2-3H2,1H3,(H,8,9,10)(H,11,12,13);3*3-5,7H,1-2H2,(H,8,9)(H,10,11,12);5*1H2. The number of carboxylic acids is 3. The van der Waals surface area contributed by atoms with Gasteiger partial charge >= 0.3 is 111 Å². The molecule has 0 aliphatic carbocycles. The number of rotatable bonds is 21. The molecule has 0 amide bonds. The van der Waals surface area contributed by atoms with Gasteiger partial charge in [-0.2, -0.15) is 89.9 Å². The molecule has 18 unspecified atom stereocenters. The SMILES string of the molecule is CC1CC(OS(=O)(=O)O)C(NS(=O)(=O)O)CO1.CC1CC(OS(=O)(=O)O)C(NS(=O)(=O)O)CO1.CC1CC(OS(=O)(=O)O)C(NS(=O)(=O)O)CO1.O.O.O.O.O.O=C(O)C1CC(O)C(OS(=O)(=O)O)CO1.O=C(O)C1CC(O)C(OS(=O)(=O)O)CO1.O=C(O)C1CC(O)C(OS(=O)(=O)O)CO1. The zero-order chi connectivity index (χ0) is 74.7. The molecule has 6 fully saturated rings. The third-order valence-electron chi connectivity index (χ3n) is 12.0. The Labute approximate surface area is 573 Å². The third-order valence-corrected chi connectivity index (χ3v) is 16.7. The second-order valence-electron chi connectivity index (χ2n) is 20.0. The first-order valence-corrected chi connectivity index (χ1v) is 38.2. The molecular formula is C36H79N3O53S9. The highest BCUT2D eigenvalue weighted by Gasteiger charge is 2.42. The lowest BCUT2D eigenvalue weighted by Crippen LogP contribution is -2.52. The Hall–Kier alpha value is -3.32. The average Bonchev–Trinajstić information content (AvgIpc) is 0.873. The summed E-state index contributed by atoms with van der Waals surface area (Å²) < 4.78 is 325. The summed E-state index contributed by atoms with van der Waals surface area (Å²) in [6.07, 6.45) is -16.6. The summed E-state index contributed by atoms with van der Waals surface area (Å²) in [6, 6.07) is -3.28. The summed E-state index contributed by atoms with van der Waals surface area (Å²) in [5.74, 6) is -3.75. The van der Waals surface area contributed by atoms with Crippen molar-refractivity contribution in [2.75, 3.05) is 39.6 Å². The first-order chi connectivity index (χ1) is 43.1. The van der Waals surface area contributed by atoms with Crippen LogP contribution in [0.5, 0.6) is 0 Å². The molecule has 0 bridgehead atoms. The van der Waals surface area contributed by atoms with E-state index in [9.17, 15) is 105 Å². The molecule has 6 aliphatic heterocycles. The fourth-order valence-electron chi connectivity index (χ4n) is 8.04. The Bertz CT molecular complexity index is 3220. The summed E-state index contributed by atoms with van der Waals surface area (Å²) in [5, 5.41) is 53.5. The van der Waals surface area contributed by atoms with E-state index < -0.39 is 222 Å². The molecule has 6 saturated heterocycles. The molecule has 6 rings (SSSR count). The lowest BCUT2D eigenvalue weighted by molar-refractivity contribution is -0.167. The predicted molar refractivity (Wildman–Crippen MR) is 316 cm³/mol. The Morgan fingerprint density at radius 2 is 0.465 bits per heavy atom. The highest BCUT2D eigenvalue weighted by atomic mass is 32.3. The fourth-order valence-corrected chi connectivity index (χ4v) is 12.9. The number of carbonyl (C=O) groups is 3. The molecule has 0 spiro atoms. The van der Waals surface area contributed by atoms with Crippen LogP contribution in [-0.4, -0.2) is 342 Å². The van der Waals surface area contributed by atoms with Crippen LogP contribution < -0.4 is 14.2 Å². The van der Waals surface area contributed by atoms with Gasteiger partial charge in [0, 0.05) is 38.5 Å². The molecule has 6 heterocycles. The maximum atomic E-state index is 10.6. The zero-order valence-corrected chi connectivity index (χ0v) is 58.6. The van der Waals surface area contributed by atoms with Gasteiger partial charge in [-0.25, -0.2) is 39.5 Å². The number of ether oxygens (including phenoxy) is 6. The van der Waals surface area contributed by atoms with Gasteiger partial charge in [-0.05, 0) is 20.8 Å². The smallest absolute Gasteiger partial charge is 0.397 e. The lowest BCUT2D eigenvalue weighted by Gasteiger charge is -2.33. The number of hydrogen-bond acceptors (Lipinski definition) is 36. The van der Waals surface area contributed by atoms with Gasteiger partial charge in [-0.1, -0.05) is 0 Å². The zero-order valence-electron chi connectivity index (χ0n) is 51.2. The monoisotopic (exact) mass is 1690 g/mol. The number of aliphatic carboxylic acids is 3. The van der Waals surface area contributed by atoms with Crippen LogP contribution in [-0.2, 0) is 161 Å². The molecule has 0 saturated carbocycles. The van der Waals surface area contributed by atoms with Gasteiger partial charge in [0.05, 0.1) is 94.4 Å². The van der Waals surface area contributed by atoms with Gasteiger partial charge in [0.15, 0.2) is 18.3 Å². The molecule has 101 heavy (non-hydrogen) atoms. The van der Waals surface area contributed by atoms with Crippen LogP contribution >= 0.6 is 0 Å². The number of carboxylic acid groups (broad SMARTS) is 3. The quantitative estimate of drug-likeness (QED) is 0.0475. The Kier molecular flexibility index (Phi) is 47.1. The van der Waals surface area contributed by atoms with Crippen LogP contribution in [0.4, 0.5) is 0 Å². The number of nitrogens with one attached hydrogen (secondary N) is 3. The summed E-state index contributed by atoms with van der Waals surface area (Å²) in [6.45, 7) is 3.09. The second-order valence-corrected chi connectivity index (χ2v) is 29.8. The second kappa shape index (κ2) is 44.7. The van der Waals surface area contributed by atoms with Crippen LogP contribution in [0.25, 0.3) is 0 Å². The van der Waals surface area contributed by atoms with Gasteiger partial charge in [0.1, 0.15) is 36.6 Å².